The SMILES string of the molecule is O=C(NC(c1ccc(F)cc1F)C(F)(F)F)c1ccc(Cl)cc1NS(=O)(=O)c1cccc2nccnc12. The molecule has 1 atom stereocenters. The van der Waals surface area contributed by atoms with Crippen LogP contribution in [0.15, 0.2) is 71.9 Å². The topological polar surface area (TPSA) is 101 Å². The van der Waals surface area contributed by atoms with Gasteiger partial charge in [-0.3, -0.25) is 19.5 Å². The van der Waals surface area contributed by atoms with Gasteiger partial charge in [0.2, 0.25) is 0 Å². The third-order valence-corrected chi connectivity index (χ3v) is 6.73. The second-order valence-corrected chi connectivity index (χ2v) is 9.68. The van der Waals surface area contributed by atoms with Gasteiger partial charge in [-0.1, -0.05) is 23.7 Å². The molecular weight excluding hydrogens is 543 g/mol. The zero-order valence-corrected chi connectivity index (χ0v) is 19.8. The summed E-state index contributed by atoms with van der Waals surface area (Å²) in [5.41, 5.74) is -1.77. The maximum Gasteiger partial charge on any atom is 0.412 e. The first kappa shape index (κ1) is 26.2. The molecular formula is C23H14ClF5N4O3S. The minimum Gasteiger partial charge on any atom is -0.337 e. The number of fused-ring (bicyclic) bond motifs is 1. The summed E-state index contributed by atoms with van der Waals surface area (Å²) in [6.45, 7) is 0. The molecule has 1 unspecified atom stereocenters. The number of carbonyl (C=O) groups excluding carboxylic acids is 1. The summed E-state index contributed by atoms with van der Waals surface area (Å²) < 4.78 is 97.1. The second-order valence-electron chi connectivity index (χ2n) is 7.59. The standard InChI is InChI=1S/C23H14ClF5N4O3S/c24-12-4-6-15(22(34)32-21(23(27,28)29)14-7-5-13(25)11-16(14)26)18(10-12)33-37(35,36)19-3-1-2-17-20(19)31-9-8-30-17/h1-11,21,33H,(H,32,34). The largest absolute Gasteiger partial charge is 0.412 e. The molecule has 0 aliphatic carbocycles. The Morgan fingerprint density at radius 3 is 2.41 bits per heavy atom. The van der Waals surface area contributed by atoms with Crippen molar-refractivity contribution in [3.8, 4) is 0 Å². The van der Waals surface area contributed by atoms with Crippen LogP contribution in [0.4, 0.5) is 27.6 Å². The van der Waals surface area contributed by atoms with Crippen LogP contribution in [0, 0.1) is 11.6 Å². The van der Waals surface area contributed by atoms with Crippen LogP contribution in [0.2, 0.25) is 5.02 Å². The predicted octanol–water partition coefficient (Wildman–Crippen LogP) is 5.40. The Balaban J connectivity index is 1.72. The van der Waals surface area contributed by atoms with Gasteiger partial charge in [0, 0.05) is 29.0 Å². The Morgan fingerprint density at radius 1 is 0.973 bits per heavy atom. The van der Waals surface area contributed by atoms with Crippen LogP contribution in [0.3, 0.4) is 0 Å². The van der Waals surface area contributed by atoms with Crippen LogP contribution < -0.4 is 10.0 Å². The van der Waals surface area contributed by atoms with Gasteiger partial charge in [0.15, 0.2) is 6.04 Å². The molecule has 192 valence electrons. The van der Waals surface area contributed by atoms with Crippen molar-refractivity contribution in [1.29, 1.82) is 0 Å². The highest BCUT2D eigenvalue weighted by atomic mass is 35.5. The van der Waals surface area contributed by atoms with Crippen molar-refractivity contribution in [2.24, 2.45) is 0 Å². The van der Waals surface area contributed by atoms with Crippen molar-refractivity contribution >= 4 is 44.3 Å². The fraction of sp³-hybridized carbons (Fsp3) is 0.0870. The molecule has 7 nitrogen and oxygen atoms in total. The number of aromatic nitrogens is 2. The van der Waals surface area contributed by atoms with Crippen LogP contribution in [0.1, 0.15) is 22.0 Å². The number of nitrogens with zero attached hydrogens (tertiary/aromatic N) is 2. The Hall–Kier alpha value is -3.84. The number of alkyl halides is 3. The van der Waals surface area contributed by atoms with Crippen LogP contribution in [0.25, 0.3) is 11.0 Å². The lowest BCUT2D eigenvalue weighted by Gasteiger charge is -2.23. The number of sulfonamides is 1. The van der Waals surface area contributed by atoms with E-state index in [-0.39, 0.29) is 27.0 Å². The van der Waals surface area contributed by atoms with Crippen LogP contribution >= 0.6 is 11.6 Å². The molecule has 4 aromatic rings. The van der Waals surface area contributed by atoms with Crippen molar-refractivity contribution in [3.05, 3.63) is 94.8 Å². The highest BCUT2D eigenvalue weighted by molar-refractivity contribution is 7.93. The summed E-state index contributed by atoms with van der Waals surface area (Å²) in [5.74, 6) is -4.05. The molecule has 1 heterocycles. The smallest absolute Gasteiger partial charge is 0.337 e. The Labute approximate surface area is 211 Å². The Bertz CT molecular complexity index is 1610. The van der Waals surface area contributed by atoms with Crippen molar-refractivity contribution in [1.82, 2.24) is 15.3 Å². The van der Waals surface area contributed by atoms with E-state index in [1.807, 2.05) is 0 Å². The van der Waals surface area contributed by atoms with E-state index in [1.165, 1.54) is 30.6 Å². The second kappa shape index (κ2) is 9.90. The summed E-state index contributed by atoms with van der Waals surface area (Å²) in [6.07, 6.45) is -2.56. The lowest BCUT2D eigenvalue weighted by molar-refractivity contribution is -0.155. The fourth-order valence-electron chi connectivity index (χ4n) is 3.46. The molecule has 3 aromatic carbocycles. The number of halogens is 6. The average molecular weight is 557 g/mol. The molecule has 0 radical (unpaired) electrons. The lowest BCUT2D eigenvalue weighted by Crippen LogP contribution is -2.39. The predicted molar refractivity (Wildman–Crippen MR) is 124 cm³/mol. The molecule has 14 heteroatoms. The summed E-state index contributed by atoms with van der Waals surface area (Å²) in [6, 6.07) is 5.85. The normalized spacial score (nSPS) is 12.8. The summed E-state index contributed by atoms with van der Waals surface area (Å²) in [4.78, 5) is 20.6. The number of carbonyl (C=O) groups is 1. The van der Waals surface area contributed by atoms with E-state index >= 15 is 0 Å². The van der Waals surface area contributed by atoms with E-state index in [0.717, 1.165) is 18.2 Å². The molecule has 0 spiro atoms. The van der Waals surface area contributed by atoms with Gasteiger partial charge in [-0.05, 0) is 36.4 Å². The zero-order chi connectivity index (χ0) is 27.0. The van der Waals surface area contributed by atoms with Gasteiger partial charge in [0.1, 0.15) is 22.0 Å². The highest BCUT2D eigenvalue weighted by Gasteiger charge is 2.43. The van der Waals surface area contributed by atoms with Gasteiger partial charge in [-0.15, -0.1) is 0 Å². The van der Waals surface area contributed by atoms with E-state index in [4.69, 9.17) is 11.6 Å². The molecule has 0 fully saturated rings. The molecule has 1 aromatic heterocycles. The molecule has 0 aliphatic heterocycles. The Kier molecular flexibility index (Phi) is 7.02. The molecule has 0 saturated heterocycles. The third kappa shape index (κ3) is 5.62. The van der Waals surface area contributed by atoms with E-state index < -0.39 is 56.6 Å². The van der Waals surface area contributed by atoms with Crippen molar-refractivity contribution < 1.29 is 35.2 Å². The number of benzene rings is 3. The molecule has 4 rings (SSSR count). The van der Waals surface area contributed by atoms with E-state index in [9.17, 15) is 35.2 Å². The molecule has 0 aliphatic rings. The molecule has 0 saturated carbocycles. The average Bonchev–Trinajstić information content (AvgIpc) is 2.81. The minimum atomic E-state index is -5.18. The summed E-state index contributed by atoms with van der Waals surface area (Å²) in [7, 11) is -4.45. The van der Waals surface area contributed by atoms with Gasteiger partial charge in [-0.25, -0.2) is 17.2 Å². The molecule has 37 heavy (non-hydrogen) atoms. The fourth-order valence-corrected chi connectivity index (χ4v) is 4.87. The van der Waals surface area contributed by atoms with E-state index in [0.29, 0.717) is 12.1 Å². The van der Waals surface area contributed by atoms with Crippen molar-refractivity contribution in [2.45, 2.75) is 17.1 Å². The summed E-state index contributed by atoms with van der Waals surface area (Å²) >= 11 is 5.95. The number of amides is 1. The molecule has 0 bridgehead atoms. The number of nitrogens with one attached hydrogen (secondary N) is 2. The molecule has 2 N–H and O–H groups in total. The number of anilines is 1. The number of hydrogen-bond donors (Lipinski definition) is 2. The molecule has 1 amide bonds. The van der Waals surface area contributed by atoms with Gasteiger partial charge in [-0.2, -0.15) is 13.2 Å². The first-order valence-electron chi connectivity index (χ1n) is 10.2. The van der Waals surface area contributed by atoms with Crippen molar-refractivity contribution in [3.63, 3.8) is 0 Å². The minimum absolute atomic E-state index is 0.00875. The maximum absolute atomic E-state index is 14.1. The van der Waals surface area contributed by atoms with E-state index in [2.05, 4.69) is 14.7 Å². The highest BCUT2D eigenvalue weighted by Crippen LogP contribution is 2.35. The third-order valence-electron chi connectivity index (χ3n) is 5.10. The van der Waals surface area contributed by atoms with Gasteiger partial charge < -0.3 is 5.32 Å². The number of hydrogen-bond acceptors (Lipinski definition) is 5. The Morgan fingerprint density at radius 2 is 1.70 bits per heavy atom. The first-order valence-corrected chi connectivity index (χ1v) is 12.1. The van der Waals surface area contributed by atoms with Gasteiger partial charge in [0.05, 0.1) is 16.8 Å². The number of rotatable bonds is 6. The maximum atomic E-state index is 14.1. The number of para-hydroxylation sites is 1. The summed E-state index contributed by atoms with van der Waals surface area (Å²) in [5, 5.41) is 1.60. The van der Waals surface area contributed by atoms with E-state index in [1.54, 1.807) is 5.32 Å². The monoisotopic (exact) mass is 556 g/mol. The quantitative estimate of drug-likeness (QED) is 0.310. The van der Waals surface area contributed by atoms with Gasteiger partial charge >= 0.3 is 6.18 Å². The van der Waals surface area contributed by atoms with Crippen LogP contribution in [-0.4, -0.2) is 30.5 Å². The van der Waals surface area contributed by atoms with Gasteiger partial charge in [0.25, 0.3) is 15.9 Å². The van der Waals surface area contributed by atoms with Crippen LogP contribution in [-0.2, 0) is 10.0 Å². The van der Waals surface area contributed by atoms with Crippen molar-refractivity contribution in [2.75, 3.05) is 4.72 Å². The first-order chi connectivity index (χ1) is 17.4. The lowest BCUT2D eigenvalue weighted by atomic mass is 10.0. The zero-order valence-electron chi connectivity index (χ0n) is 18.2. The van der Waals surface area contributed by atoms with Crippen LogP contribution in [0.5, 0.6) is 0 Å².